The Labute approximate surface area is 236 Å². The topological polar surface area (TPSA) is 96.5 Å². The first-order chi connectivity index (χ1) is 18.7. The minimum Gasteiger partial charge on any atom is -0.491 e. The molecule has 1 aromatic carbocycles. The van der Waals surface area contributed by atoms with Crippen molar-refractivity contribution in [3.63, 3.8) is 0 Å². The number of nitrogens with zero attached hydrogens (tertiary/aromatic N) is 4. The van der Waals surface area contributed by atoms with Gasteiger partial charge in [-0.1, -0.05) is 16.8 Å². The molecule has 1 saturated heterocycles. The smallest absolute Gasteiger partial charge is 0.161 e. The molecule has 3 atom stereocenters. The number of likely N-dealkylation sites (tertiary alicyclic amines) is 1. The fraction of sp³-hybridized carbons (Fsp3) is 0.567. The lowest BCUT2D eigenvalue weighted by Gasteiger charge is -2.38. The van der Waals surface area contributed by atoms with Gasteiger partial charge < -0.3 is 19.7 Å². The lowest BCUT2D eigenvalue weighted by Crippen LogP contribution is -2.42. The van der Waals surface area contributed by atoms with E-state index in [0.717, 1.165) is 53.0 Å². The van der Waals surface area contributed by atoms with E-state index >= 15 is 0 Å². The maximum atomic E-state index is 10.1. The maximum Gasteiger partial charge on any atom is 0.161 e. The number of aliphatic hydroxyl groups is 1. The average molecular weight is 554 g/mol. The van der Waals surface area contributed by atoms with Crippen LogP contribution in [-0.2, 0) is 6.42 Å². The number of piperidine rings is 1. The van der Waals surface area contributed by atoms with Crippen LogP contribution in [-0.4, -0.2) is 70.1 Å². The van der Waals surface area contributed by atoms with Gasteiger partial charge in [-0.2, -0.15) is 0 Å². The number of likely N-dealkylation sites (N-methyl/N-ethyl adjacent to an activating group) is 1. The first kappa shape index (κ1) is 28.0. The summed E-state index contributed by atoms with van der Waals surface area (Å²) in [6.45, 7) is 10.1. The Hall–Kier alpha value is -2.52. The van der Waals surface area contributed by atoms with Gasteiger partial charge in [-0.15, -0.1) is 0 Å². The van der Waals surface area contributed by atoms with Crippen molar-refractivity contribution in [1.29, 1.82) is 0 Å². The summed E-state index contributed by atoms with van der Waals surface area (Å²) in [4.78, 5) is 12.8. The van der Waals surface area contributed by atoms with Gasteiger partial charge in [0, 0.05) is 29.9 Å². The summed E-state index contributed by atoms with van der Waals surface area (Å²) in [6, 6.07) is 6.86. The number of ether oxygens (including phenoxy) is 1. The summed E-state index contributed by atoms with van der Waals surface area (Å²) in [5.41, 5.74) is 5.35. The van der Waals surface area contributed by atoms with Gasteiger partial charge in [0.1, 0.15) is 24.2 Å². The molecule has 8 nitrogen and oxygen atoms in total. The first-order valence-corrected chi connectivity index (χ1v) is 14.4. The molecule has 9 heteroatoms. The molecule has 2 N–H and O–H groups in total. The molecule has 3 aromatic rings. The van der Waals surface area contributed by atoms with E-state index in [9.17, 15) is 5.11 Å². The molecule has 2 fully saturated rings. The van der Waals surface area contributed by atoms with E-state index in [4.69, 9.17) is 30.8 Å². The molecule has 2 aliphatic rings. The van der Waals surface area contributed by atoms with E-state index in [-0.39, 0.29) is 6.61 Å². The van der Waals surface area contributed by atoms with Gasteiger partial charge in [-0.3, -0.25) is 4.90 Å². The van der Waals surface area contributed by atoms with E-state index in [1.807, 2.05) is 19.9 Å². The number of aliphatic hydroxyl groups excluding tert-OH is 1. The summed E-state index contributed by atoms with van der Waals surface area (Å²) in [7, 11) is 1.80. The van der Waals surface area contributed by atoms with E-state index in [2.05, 4.69) is 29.2 Å². The van der Waals surface area contributed by atoms with E-state index < -0.39 is 6.10 Å². The number of aryl methyl sites for hydroxylation is 2. The molecule has 0 unspecified atom stereocenters. The van der Waals surface area contributed by atoms with Crippen LogP contribution in [0, 0.1) is 26.7 Å². The predicted molar refractivity (Wildman–Crippen MR) is 153 cm³/mol. The molecule has 39 heavy (non-hydrogen) atoms. The van der Waals surface area contributed by atoms with Gasteiger partial charge in [0.15, 0.2) is 5.82 Å². The van der Waals surface area contributed by atoms with Crippen molar-refractivity contribution in [2.24, 2.45) is 5.92 Å². The molecular weight excluding hydrogens is 514 g/mol. The highest BCUT2D eigenvalue weighted by Gasteiger charge is 2.36. The van der Waals surface area contributed by atoms with E-state index in [1.54, 1.807) is 19.2 Å². The molecule has 1 saturated carbocycles. The minimum atomic E-state index is -0.615. The van der Waals surface area contributed by atoms with Crippen LogP contribution in [0.5, 0.6) is 5.75 Å². The van der Waals surface area contributed by atoms with Crippen LogP contribution in [0.1, 0.15) is 55.3 Å². The van der Waals surface area contributed by atoms with E-state index in [1.165, 1.54) is 25.7 Å². The Balaban J connectivity index is 1.49. The number of benzene rings is 1. The van der Waals surface area contributed by atoms with Crippen molar-refractivity contribution in [2.45, 2.75) is 78.0 Å². The van der Waals surface area contributed by atoms with Crippen molar-refractivity contribution in [2.75, 3.05) is 26.7 Å². The van der Waals surface area contributed by atoms with Crippen LogP contribution >= 0.6 is 11.6 Å². The summed E-state index contributed by atoms with van der Waals surface area (Å²) in [6.07, 6.45) is 5.33. The molecule has 0 radical (unpaired) electrons. The summed E-state index contributed by atoms with van der Waals surface area (Å²) >= 11 is 6.71. The summed E-state index contributed by atoms with van der Waals surface area (Å²) < 4.78 is 11.4. The van der Waals surface area contributed by atoms with E-state index in [0.29, 0.717) is 40.7 Å². The standard InChI is InChI=1S/C30H40ClN5O3/c1-17-12-21(10-11-36(17)22-6-7-22)13-27-18(2)29(28-19(3)35-39-20(28)4)34-30(33-27)25-14-24(8-9-26(25)31)38-16-23(37)15-32-5/h8-9,14,17,21-23,32,37H,6-7,10-13,15-16H2,1-5H3/t17-,21-,23-/m1/s1. The van der Waals surface area contributed by atoms with Gasteiger partial charge in [0.05, 0.1) is 22.0 Å². The first-order valence-electron chi connectivity index (χ1n) is 14.1. The zero-order valence-electron chi connectivity index (χ0n) is 23.6. The highest BCUT2D eigenvalue weighted by Crippen LogP contribution is 2.38. The zero-order valence-corrected chi connectivity index (χ0v) is 24.4. The lowest BCUT2D eigenvalue weighted by molar-refractivity contribution is 0.108. The number of hydrogen-bond acceptors (Lipinski definition) is 8. The maximum absolute atomic E-state index is 10.1. The Bertz CT molecular complexity index is 1290. The second-order valence-electron chi connectivity index (χ2n) is 11.2. The van der Waals surface area contributed by atoms with Gasteiger partial charge in [0.25, 0.3) is 0 Å². The lowest BCUT2D eigenvalue weighted by atomic mass is 9.86. The van der Waals surface area contributed by atoms with Crippen LogP contribution in [0.25, 0.3) is 22.6 Å². The predicted octanol–water partition coefficient (Wildman–Crippen LogP) is 5.14. The second kappa shape index (κ2) is 11.9. The fourth-order valence-electron chi connectivity index (χ4n) is 5.89. The molecule has 0 amide bonds. The SMILES string of the molecule is CNC[C@@H](O)COc1ccc(Cl)c(-c2nc(C[C@@H]3CCN(C4CC4)[C@H](C)C3)c(C)c(-c3c(C)noc3C)n2)c1. The van der Waals surface area contributed by atoms with Crippen molar-refractivity contribution < 1.29 is 14.4 Å². The zero-order chi connectivity index (χ0) is 27.7. The van der Waals surface area contributed by atoms with Crippen LogP contribution in [0.3, 0.4) is 0 Å². The molecule has 0 spiro atoms. The van der Waals surface area contributed by atoms with Gasteiger partial charge in [-0.25, -0.2) is 9.97 Å². The Morgan fingerprint density at radius 2 is 2.00 bits per heavy atom. The Morgan fingerprint density at radius 1 is 1.21 bits per heavy atom. The number of hydrogen-bond donors (Lipinski definition) is 2. The van der Waals surface area contributed by atoms with Gasteiger partial charge >= 0.3 is 0 Å². The van der Waals surface area contributed by atoms with Gasteiger partial charge in [0.2, 0.25) is 0 Å². The van der Waals surface area contributed by atoms with Crippen molar-refractivity contribution in [1.82, 2.24) is 25.3 Å². The monoisotopic (exact) mass is 553 g/mol. The Morgan fingerprint density at radius 3 is 2.67 bits per heavy atom. The van der Waals surface area contributed by atoms with Crippen LogP contribution in [0.2, 0.25) is 5.02 Å². The molecule has 0 bridgehead atoms. The number of nitrogens with one attached hydrogen (secondary N) is 1. The molecule has 210 valence electrons. The fourth-order valence-corrected chi connectivity index (χ4v) is 6.10. The second-order valence-corrected chi connectivity index (χ2v) is 11.7. The molecule has 3 heterocycles. The minimum absolute atomic E-state index is 0.171. The third kappa shape index (κ3) is 6.30. The molecule has 1 aliphatic carbocycles. The number of halogens is 1. The molecule has 1 aliphatic heterocycles. The highest BCUT2D eigenvalue weighted by atomic mass is 35.5. The number of aromatic nitrogens is 3. The number of rotatable bonds is 10. The normalized spacial score (nSPS) is 20.8. The van der Waals surface area contributed by atoms with Crippen molar-refractivity contribution in [3.05, 3.63) is 45.9 Å². The summed E-state index contributed by atoms with van der Waals surface area (Å²) in [5.74, 6) is 2.46. The van der Waals surface area contributed by atoms with Crippen molar-refractivity contribution >= 4 is 11.6 Å². The highest BCUT2D eigenvalue weighted by molar-refractivity contribution is 6.33. The third-order valence-corrected chi connectivity index (χ3v) is 8.44. The van der Waals surface area contributed by atoms with Crippen molar-refractivity contribution in [3.8, 4) is 28.4 Å². The van der Waals surface area contributed by atoms with Crippen LogP contribution in [0.4, 0.5) is 0 Å². The van der Waals surface area contributed by atoms with Crippen LogP contribution in [0.15, 0.2) is 22.7 Å². The average Bonchev–Trinajstić information content (AvgIpc) is 3.69. The van der Waals surface area contributed by atoms with Crippen LogP contribution < -0.4 is 10.1 Å². The Kier molecular flexibility index (Phi) is 8.57. The molecule has 2 aromatic heterocycles. The quantitative estimate of drug-likeness (QED) is 0.356. The molecule has 5 rings (SSSR count). The third-order valence-electron chi connectivity index (χ3n) is 8.11. The largest absolute Gasteiger partial charge is 0.491 e. The summed E-state index contributed by atoms with van der Waals surface area (Å²) in [5, 5.41) is 17.8. The van der Waals surface area contributed by atoms with Gasteiger partial charge in [-0.05, 0) is 103 Å². The molecular formula is C30H40ClN5O3.